The monoisotopic (exact) mass is 311 g/mol. The van der Waals surface area contributed by atoms with Gasteiger partial charge in [-0.2, -0.15) is 0 Å². The first-order valence-electron chi connectivity index (χ1n) is 6.07. The van der Waals surface area contributed by atoms with Crippen LogP contribution < -0.4 is 11.1 Å². The normalized spacial score (nSPS) is 19.1. The van der Waals surface area contributed by atoms with Crippen molar-refractivity contribution < 1.29 is 9.59 Å². The molecule has 1 heterocycles. The van der Waals surface area contributed by atoms with Crippen LogP contribution in [0, 0.1) is 0 Å². The van der Waals surface area contributed by atoms with Gasteiger partial charge in [-0.3, -0.25) is 14.5 Å². The summed E-state index contributed by atoms with van der Waals surface area (Å²) in [5.74, 6) is -0.441. The lowest BCUT2D eigenvalue weighted by Crippen LogP contribution is -2.48. The Morgan fingerprint density at radius 3 is 2.85 bits per heavy atom. The minimum absolute atomic E-state index is 0.158. The Morgan fingerprint density at radius 1 is 1.50 bits per heavy atom. The average molecular weight is 312 g/mol. The maximum atomic E-state index is 12.1. The van der Waals surface area contributed by atoms with Gasteiger partial charge in [0.1, 0.15) is 11.0 Å². The quantitative estimate of drug-likeness (QED) is 0.654. The molecule has 1 saturated heterocycles. The molecule has 0 aliphatic carbocycles. The molecule has 20 heavy (non-hydrogen) atoms. The number of piperidine rings is 1. The van der Waals surface area contributed by atoms with E-state index in [-0.39, 0.29) is 16.8 Å². The number of rotatable bonds is 3. The fourth-order valence-corrected chi connectivity index (χ4v) is 2.68. The summed E-state index contributed by atoms with van der Waals surface area (Å²) in [6.45, 7) is 0. The number of anilines is 1. The number of imide groups is 1. The smallest absolute Gasteiger partial charge is 0.251 e. The third-order valence-corrected chi connectivity index (χ3v) is 3.76. The third kappa shape index (κ3) is 2.76. The van der Waals surface area contributed by atoms with E-state index in [1.807, 2.05) is 0 Å². The molecule has 7 heteroatoms. The maximum Gasteiger partial charge on any atom is 0.251 e. The van der Waals surface area contributed by atoms with Gasteiger partial charge in [0.15, 0.2) is 0 Å². The first-order valence-corrected chi connectivity index (χ1v) is 6.85. The number of likely N-dealkylation sites (N-methyl/N-ethyl adjacent to an activating group) is 1. The summed E-state index contributed by atoms with van der Waals surface area (Å²) >= 11 is 11.1. The number of hydrogen-bond acceptors (Lipinski definition) is 4. The Morgan fingerprint density at radius 2 is 2.20 bits per heavy atom. The highest BCUT2D eigenvalue weighted by molar-refractivity contribution is 7.80. The predicted molar refractivity (Wildman–Crippen MR) is 81.8 cm³/mol. The second kappa shape index (κ2) is 5.76. The zero-order valence-electron chi connectivity index (χ0n) is 10.9. The zero-order valence-corrected chi connectivity index (χ0v) is 12.4. The fourth-order valence-electron chi connectivity index (χ4n) is 2.13. The fraction of sp³-hybridized carbons (Fsp3) is 0.308. The minimum Gasteiger partial charge on any atom is -0.389 e. The van der Waals surface area contributed by atoms with Crippen molar-refractivity contribution in [1.82, 2.24) is 4.90 Å². The molecule has 3 N–H and O–H groups in total. The standard InChI is InChI=1S/C13H14ClN3O2S/c1-17-10(18)6-5-9(13(17)19)16-8-4-2-3-7(14)11(8)12(15)20/h2-4,9,16H,5-6H2,1H3,(H2,15,20). The summed E-state index contributed by atoms with van der Waals surface area (Å²) in [4.78, 5) is 24.8. The molecule has 0 radical (unpaired) electrons. The van der Waals surface area contributed by atoms with E-state index in [1.165, 1.54) is 7.05 Å². The molecule has 1 atom stereocenters. The summed E-state index contributed by atoms with van der Waals surface area (Å²) < 4.78 is 0. The van der Waals surface area contributed by atoms with E-state index in [1.54, 1.807) is 18.2 Å². The van der Waals surface area contributed by atoms with Crippen molar-refractivity contribution in [2.24, 2.45) is 5.73 Å². The van der Waals surface area contributed by atoms with E-state index >= 15 is 0 Å². The summed E-state index contributed by atoms with van der Waals surface area (Å²) in [6, 6.07) is 4.70. The summed E-state index contributed by atoms with van der Waals surface area (Å²) in [5.41, 5.74) is 6.78. The molecule has 106 valence electrons. The van der Waals surface area contributed by atoms with Crippen molar-refractivity contribution in [1.29, 1.82) is 0 Å². The molecule has 1 fully saturated rings. The lowest BCUT2D eigenvalue weighted by atomic mass is 10.0. The molecule has 2 amide bonds. The molecule has 2 rings (SSSR count). The van der Waals surface area contributed by atoms with E-state index in [2.05, 4.69) is 5.32 Å². The molecule has 1 aliphatic rings. The highest BCUT2D eigenvalue weighted by Gasteiger charge is 2.32. The summed E-state index contributed by atoms with van der Waals surface area (Å²) in [6.07, 6.45) is 0.758. The van der Waals surface area contributed by atoms with E-state index in [9.17, 15) is 9.59 Å². The van der Waals surface area contributed by atoms with Crippen LogP contribution in [0.3, 0.4) is 0 Å². The maximum absolute atomic E-state index is 12.1. The van der Waals surface area contributed by atoms with Gasteiger partial charge in [0.05, 0.1) is 10.6 Å². The molecule has 0 bridgehead atoms. The van der Waals surface area contributed by atoms with Crippen molar-refractivity contribution in [2.45, 2.75) is 18.9 Å². The highest BCUT2D eigenvalue weighted by Crippen LogP contribution is 2.26. The topological polar surface area (TPSA) is 75.4 Å². The number of nitrogens with one attached hydrogen (secondary N) is 1. The van der Waals surface area contributed by atoms with Gasteiger partial charge in [-0.05, 0) is 18.6 Å². The molecule has 0 spiro atoms. The van der Waals surface area contributed by atoms with Gasteiger partial charge < -0.3 is 11.1 Å². The van der Waals surface area contributed by atoms with Crippen LogP contribution in [0.2, 0.25) is 5.02 Å². The van der Waals surface area contributed by atoms with Gasteiger partial charge in [-0.25, -0.2) is 0 Å². The predicted octanol–water partition coefficient (Wildman–Crippen LogP) is 1.53. The molecule has 1 aromatic carbocycles. The van der Waals surface area contributed by atoms with Crippen LogP contribution in [0.4, 0.5) is 5.69 Å². The highest BCUT2D eigenvalue weighted by atomic mass is 35.5. The second-order valence-electron chi connectivity index (χ2n) is 4.55. The van der Waals surface area contributed by atoms with Crippen molar-refractivity contribution >= 4 is 46.3 Å². The van der Waals surface area contributed by atoms with Gasteiger partial charge in [-0.1, -0.05) is 29.9 Å². The number of thiocarbonyl (C=S) groups is 1. The minimum atomic E-state index is -0.482. The van der Waals surface area contributed by atoms with Gasteiger partial charge in [-0.15, -0.1) is 0 Å². The molecule has 1 unspecified atom stereocenters. The molecule has 0 saturated carbocycles. The van der Waals surface area contributed by atoms with E-state index in [4.69, 9.17) is 29.6 Å². The number of amides is 2. The number of carbonyl (C=O) groups excluding carboxylic acids is 2. The van der Waals surface area contributed by atoms with E-state index < -0.39 is 6.04 Å². The lowest BCUT2D eigenvalue weighted by Gasteiger charge is -2.29. The Bertz CT molecular complexity index is 591. The Kier molecular flexibility index (Phi) is 4.25. The number of benzene rings is 1. The number of hydrogen-bond donors (Lipinski definition) is 2. The first-order chi connectivity index (χ1) is 9.41. The zero-order chi connectivity index (χ0) is 14.9. The van der Waals surface area contributed by atoms with Gasteiger partial charge in [0.2, 0.25) is 5.91 Å². The van der Waals surface area contributed by atoms with Crippen molar-refractivity contribution in [3.8, 4) is 0 Å². The number of halogens is 1. The Labute approximate surface area is 127 Å². The SMILES string of the molecule is CN1C(=O)CCC(Nc2cccc(Cl)c2C(N)=S)C1=O. The Hall–Kier alpha value is -1.66. The number of nitrogens with two attached hydrogens (primary N) is 1. The summed E-state index contributed by atoms with van der Waals surface area (Å²) in [7, 11) is 1.48. The van der Waals surface area contributed by atoms with Gasteiger partial charge >= 0.3 is 0 Å². The van der Waals surface area contributed by atoms with E-state index in [0.29, 0.717) is 29.1 Å². The molecular weight excluding hydrogens is 298 g/mol. The van der Waals surface area contributed by atoms with Crippen LogP contribution >= 0.6 is 23.8 Å². The first kappa shape index (κ1) is 14.7. The molecule has 1 aliphatic heterocycles. The largest absolute Gasteiger partial charge is 0.389 e. The third-order valence-electron chi connectivity index (χ3n) is 3.24. The second-order valence-corrected chi connectivity index (χ2v) is 5.40. The number of likely N-dealkylation sites (tertiary alicyclic amines) is 1. The Balaban J connectivity index is 2.27. The molecule has 5 nitrogen and oxygen atoms in total. The summed E-state index contributed by atoms with van der Waals surface area (Å²) in [5, 5.41) is 3.50. The van der Waals surface area contributed by atoms with Crippen LogP contribution in [0.5, 0.6) is 0 Å². The molecule has 0 aromatic heterocycles. The van der Waals surface area contributed by atoms with Crippen molar-refractivity contribution in [3.05, 3.63) is 28.8 Å². The molecule has 1 aromatic rings. The molecular formula is C13H14ClN3O2S. The number of nitrogens with zero attached hydrogens (tertiary/aromatic N) is 1. The van der Waals surface area contributed by atoms with E-state index in [0.717, 1.165) is 4.90 Å². The number of carbonyl (C=O) groups is 2. The van der Waals surface area contributed by atoms with Crippen LogP contribution in [0.15, 0.2) is 18.2 Å². The van der Waals surface area contributed by atoms with Crippen LogP contribution in [-0.2, 0) is 9.59 Å². The lowest BCUT2D eigenvalue weighted by molar-refractivity contribution is -0.146. The average Bonchev–Trinajstić information content (AvgIpc) is 2.39. The van der Waals surface area contributed by atoms with Crippen LogP contribution in [0.1, 0.15) is 18.4 Å². The van der Waals surface area contributed by atoms with Crippen LogP contribution in [-0.4, -0.2) is 34.8 Å². The van der Waals surface area contributed by atoms with Gasteiger partial charge in [0.25, 0.3) is 5.91 Å². The van der Waals surface area contributed by atoms with Crippen LogP contribution in [0.25, 0.3) is 0 Å². The van der Waals surface area contributed by atoms with Crippen molar-refractivity contribution in [3.63, 3.8) is 0 Å². The van der Waals surface area contributed by atoms with Gasteiger partial charge in [0, 0.05) is 19.2 Å². The van der Waals surface area contributed by atoms with Crippen molar-refractivity contribution in [2.75, 3.05) is 12.4 Å².